The van der Waals surface area contributed by atoms with Crippen LogP contribution in [0, 0.1) is 10.1 Å². The second-order valence-corrected chi connectivity index (χ2v) is 6.68. The number of fused-ring (bicyclic) bond motifs is 1. The Morgan fingerprint density at radius 2 is 1.83 bits per heavy atom. The van der Waals surface area contributed by atoms with Gasteiger partial charge in [0.15, 0.2) is 11.7 Å². The van der Waals surface area contributed by atoms with E-state index in [4.69, 9.17) is 14.2 Å². The maximum Gasteiger partial charge on any atom is 0.338 e. The maximum absolute atomic E-state index is 12.2. The lowest BCUT2D eigenvalue weighted by atomic mass is 10.2. The van der Waals surface area contributed by atoms with Crippen LogP contribution in [0.3, 0.4) is 0 Å². The summed E-state index contributed by atoms with van der Waals surface area (Å²) in [4.78, 5) is 38.8. The number of aromatic nitrogens is 1. The molecule has 150 valence electrons. The van der Waals surface area contributed by atoms with Crippen molar-refractivity contribution in [1.29, 1.82) is 0 Å². The summed E-state index contributed by atoms with van der Waals surface area (Å²) in [5.41, 5.74) is 0.611. The van der Waals surface area contributed by atoms with E-state index in [9.17, 15) is 19.7 Å². The number of carbonyl (C=O) groups is 2. The number of non-ortho nitro benzene ring substituents is 1. The molecule has 0 spiro atoms. The Hall–Kier alpha value is -3.73. The minimum atomic E-state index is -0.725. The molecule has 29 heavy (non-hydrogen) atoms. The van der Waals surface area contributed by atoms with Crippen LogP contribution in [-0.4, -0.2) is 42.6 Å². The molecule has 0 aliphatic carbocycles. The smallest absolute Gasteiger partial charge is 0.338 e. The molecule has 0 aliphatic rings. The molecule has 11 heteroatoms. The zero-order valence-electron chi connectivity index (χ0n) is 15.3. The Morgan fingerprint density at radius 3 is 2.45 bits per heavy atom. The molecule has 0 fully saturated rings. The molecule has 0 saturated heterocycles. The first-order chi connectivity index (χ1) is 13.9. The summed E-state index contributed by atoms with van der Waals surface area (Å²) >= 11 is 1.08. The van der Waals surface area contributed by atoms with Crippen LogP contribution in [0.2, 0.25) is 0 Å². The van der Waals surface area contributed by atoms with Crippen LogP contribution in [-0.2, 0) is 9.53 Å². The van der Waals surface area contributed by atoms with Gasteiger partial charge in [0.1, 0.15) is 11.5 Å². The van der Waals surface area contributed by atoms with Crippen molar-refractivity contribution in [3.05, 3.63) is 52.1 Å². The Balaban J connectivity index is 1.63. The van der Waals surface area contributed by atoms with Crippen molar-refractivity contribution in [2.75, 3.05) is 26.1 Å². The van der Waals surface area contributed by atoms with Crippen molar-refractivity contribution in [3.8, 4) is 11.5 Å². The highest BCUT2D eigenvalue weighted by molar-refractivity contribution is 7.22. The van der Waals surface area contributed by atoms with Crippen LogP contribution >= 0.6 is 11.3 Å². The highest BCUT2D eigenvalue weighted by Crippen LogP contribution is 2.29. The van der Waals surface area contributed by atoms with Gasteiger partial charge < -0.3 is 14.2 Å². The number of carbonyl (C=O) groups excluding carboxylic acids is 2. The first kappa shape index (κ1) is 20.0. The maximum atomic E-state index is 12.2. The lowest BCUT2D eigenvalue weighted by Gasteiger charge is -2.08. The van der Waals surface area contributed by atoms with Crippen LogP contribution in [0.4, 0.5) is 10.8 Å². The summed E-state index contributed by atoms with van der Waals surface area (Å²) in [6.07, 6.45) is 0. The third-order valence-electron chi connectivity index (χ3n) is 3.75. The van der Waals surface area contributed by atoms with Gasteiger partial charge in [-0.05, 0) is 18.2 Å². The Kier molecular flexibility index (Phi) is 5.88. The number of esters is 1. The zero-order chi connectivity index (χ0) is 21.0. The van der Waals surface area contributed by atoms with E-state index in [1.807, 2.05) is 0 Å². The Morgan fingerprint density at radius 1 is 1.14 bits per heavy atom. The summed E-state index contributed by atoms with van der Waals surface area (Å²) in [7, 11) is 2.90. The summed E-state index contributed by atoms with van der Waals surface area (Å²) < 4.78 is 15.7. The van der Waals surface area contributed by atoms with Gasteiger partial charge in [-0.1, -0.05) is 11.3 Å². The standard InChI is InChI=1S/C18H15N3O7S/c1-26-12-5-10(6-13(8-12)27-2)17(23)28-9-16(22)20-18-19-14-4-3-11(21(24)25)7-15(14)29-18/h3-8H,9H2,1-2H3,(H,19,20,22). The zero-order valence-corrected chi connectivity index (χ0v) is 16.1. The van der Waals surface area contributed by atoms with Gasteiger partial charge in [-0.15, -0.1) is 0 Å². The van der Waals surface area contributed by atoms with Gasteiger partial charge in [-0.3, -0.25) is 20.2 Å². The normalized spacial score (nSPS) is 10.4. The van der Waals surface area contributed by atoms with Crippen molar-refractivity contribution < 1.29 is 28.7 Å². The first-order valence-corrected chi connectivity index (χ1v) is 8.96. The van der Waals surface area contributed by atoms with E-state index in [0.717, 1.165) is 11.3 Å². The van der Waals surface area contributed by atoms with Crippen molar-refractivity contribution in [1.82, 2.24) is 4.98 Å². The molecule has 1 amide bonds. The number of nitrogens with one attached hydrogen (secondary N) is 1. The number of hydrogen-bond donors (Lipinski definition) is 1. The van der Waals surface area contributed by atoms with E-state index in [1.54, 1.807) is 6.07 Å². The molecule has 10 nitrogen and oxygen atoms in total. The van der Waals surface area contributed by atoms with Gasteiger partial charge in [-0.2, -0.15) is 0 Å². The number of methoxy groups -OCH3 is 2. The minimum absolute atomic E-state index is 0.0679. The molecule has 0 aliphatic heterocycles. The van der Waals surface area contributed by atoms with Crippen LogP contribution in [0.25, 0.3) is 10.2 Å². The summed E-state index contributed by atoms with van der Waals surface area (Å²) in [5, 5.41) is 13.6. The Bertz CT molecular complexity index is 1070. The molecule has 1 heterocycles. The predicted molar refractivity (Wildman–Crippen MR) is 105 cm³/mol. The van der Waals surface area contributed by atoms with E-state index >= 15 is 0 Å². The molecule has 1 N–H and O–H groups in total. The molecular formula is C18H15N3O7S. The van der Waals surface area contributed by atoms with E-state index in [1.165, 1.54) is 44.6 Å². The van der Waals surface area contributed by atoms with Gasteiger partial charge in [0.05, 0.1) is 34.9 Å². The quantitative estimate of drug-likeness (QED) is 0.353. The lowest BCUT2D eigenvalue weighted by molar-refractivity contribution is -0.384. The monoisotopic (exact) mass is 417 g/mol. The van der Waals surface area contributed by atoms with Gasteiger partial charge in [0.25, 0.3) is 11.6 Å². The van der Waals surface area contributed by atoms with Crippen molar-refractivity contribution in [2.45, 2.75) is 0 Å². The molecular weight excluding hydrogens is 402 g/mol. The number of thiazole rings is 1. The van der Waals surface area contributed by atoms with Crippen molar-refractivity contribution in [2.24, 2.45) is 0 Å². The fourth-order valence-corrected chi connectivity index (χ4v) is 3.29. The summed E-state index contributed by atoms with van der Waals surface area (Å²) in [6, 6.07) is 8.72. The number of amides is 1. The average Bonchev–Trinajstić information content (AvgIpc) is 3.12. The molecule has 0 unspecified atom stereocenters. The van der Waals surface area contributed by atoms with Gasteiger partial charge in [0, 0.05) is 18.2 Å². The number of benzene rings is 2. The number of rotatable bonds is 7. The van der Waals surface area contributed by atoms with Crippen molar-refractivity contribution in [3.63, 3.8) is 0 Å². The number of hydrogen-bond acceptors (Lipinski definition) is 9. The highest BCUT2D eigenvalue weighted by atomic mass is 32.1. The highest BCUT2D eigenvalue weighted by Gasteiger charge is 2.15. The van der Waals surface area contributed by atoms with E-state index in [2.05, 4.69) is 10.3 Å². The number of nitrogens with zero attached hydrogens (tertiary/aromatic N) is 2. The van der Waals surface area contributed by atoms with E-state index in [0.29, 0.717) is 21.7 Å². The second kappa shape index (κ2) is 8.52. The number of ether oxygens (including phenoxy) is 3. The number of nitro groups is 1. The fourth-order valence-electron chi connectivity index (χ4n) is 2.38. The van der Waals surface area contributed by atoms with Crippen LogP contribution in [0.1, 0.15) is 10.4 Å². The second-order valence-electron chi connectivity index (χ2n) is 5.65. The number of nitro benzene ring substituents is 1. The molecule has 0 bridgehead atoms. The predicted octanol–water partition coefficient (Wildman–Crippen LogP) is 3.02. The molecule has 2 aromatic carbocycles. The molecule has 1 aromatic heterocycles. The molecule has 0 atom stereocenters. The van der Waals surface area contributed by atoms with Gasteiger partial charge in [-0.25, -0.2) is 9.78 Å². The minimum Gasteiger partial charge on any atom is -0.497 e. The lowest BCUT2D eigenvalue weighted by Crippen LogP contribution is -2.20. The third-order valence-corrected chi connectivity index (χ3v) is 4.68. The Labute approximate surface area is 168 Å². The van der Waals surface area contributed by atoms with Gasteiger partial charge >= 0.3 is 5.97 Å². The molecule has 3 rings (SSSR count). The topological polar surface area (TPSA) is 130 Å². The first-order valence-electron chi connectivity index (χ1n) is 8.14. The summed E-state index contributed by atoms with van der Waals surface area (Å²) in [5.74, 6) is -0.507. The largest absolute Gasteiger partial charge is 0.497 e. The van der Waals surface area contributed by atoms with E-state index < -0.39 is 23.4 Å². The SMILES string of the molecule is COc1cc(OC)cc(C(=O)OCC(=O)Nc2nc3ccc([N+](=O)[O-])cc3s2)c1. The molecule has 3 aromatic rings. The van der Waals surface area contributed by atoms with Crippen molar-refractivity contribution >= 4 is 44.2 Å². The van der Waals surface area contributed by atoms with Crippen LogP contribution in [0.15, 0.2) is 36.4 Å². The van der Waals surface area contributed by atoms with Crippen LogP contribution < -0.4 is 14.8 Å². The fraction of sp³-hybridized carbons (Fsp3) is 0.167. The average molecular weight is 417 g/mol. The third kappa shape index (κ3) is 4.76. The van der Waals surface area contributed by atoms with Crippen LogP contribution in [0.5, 0.6) is 11.5 Å². The van der Waals surface area contributed by atoms with E-state index in [-0.39, 0.29) is 16.4 Å². The molecule has 0 saturated carbocycles. The van der Waals surface area contributed by atoms with Gasteiger partial charge in [0.2, 0.25) is 0 Å². The molecule has 0 radical (unpaired) electrons. The number of anilines is 1. The summed E-state index contributed by atoms with van der Waals surface area (Å²) in [6.45, 7) is -0.533.